The maximum atomic E-state index is 12.6. The predicted octanol–water partition coefficient (Wildman–Crippen LogP) is 3.29. The van der Waals surface area contributed by atoms with Crippen LogP contribution in [0.4, 0.5) is 0 Å². The Morgan fingerprint density at radius 1 is 1.21 bits per heavy atom. The van der Waals surface area contributed by atoms with Crippen molar-refractivity contribution in [3.63, 3.8) is 0 Å². The van der Waals surface area contributed by atoms with Crippen molar-refractivity contribution in [2.24, 2.45) is 5.14 Å². The molecule has 0 spiro atoms. The number of aryl methyl sites for hydroxylation is 1. The molecular formula is C17H19BrN2O3S. The monoisotopic (exact) mass is 410 g/mol. The van der Waals surface area contributed by atoms with Gasteiger partial charge in [-0.15, -0.1) is 0 Å². The number of benzene rings is 2. The van der Waals surface area contributed by atoms with Crippen LogP contribution in [0.25, 0.3) is 0 Å². The SMILES string of the molecule is CC[C@@H](NC(=O)c1cc(S(N)(=O)=O)ccc1C)c1ccc(Br)cc1. The number of hydrogen-bond acceptors (Lipinski definition) is 3. The van der Waals surface area contributed by atoms with Gasteiger partial charge in [-0.3, -0.25) is 4.79 Å². The first-order chi connectivity index (χ1) is 11.2. The molecule has 0 aromatic heterocycles. The zero-order valence-electron chi connectivity index (χ0n) is 13.4. The minimum atomic E-state index is -3.85. The van der Waals surface area contributed by atoms with E-state index in [1.54, 1.807) is 13.0 Å². The van der Waals surface area contributed by atoms with E-state index in [1.807, 2.05) is 31.2 Å². The molecule has 2 aromatic carbocycles. The van der Waals surface area contributed by atoms with Crippen LogP contribution in [0.15, 0.2) is 51.8 Å². The van der Waals surface area contributed by atoms with Crippen molar-refractivity contribution < 1.29 is 13.2 Å². The summed E-state index contributed by atoms with van der Waals surface area (Å²) < 4.78 is 23.9. The molecule has 7 heteroatoms. The van der Waals surface area contributed by atoms with E-state index >= 15 is 0 Å². The summed E-state index contributed by atoms with van der Waals surface area (Å²) in [6.45, 7) is 3.73. The number of hydrogen-bond donors (Lipinski definition) is 2. The fourth-order valence-electron chi connectivity index (χ4n) is 2.37. The van der Waals surface area contributed by atoms with Crippen LogP contribution in [0.3, 0.4) is 0 Å². The van der Waals surface area contributed by atoms with Gasteiger partial charge in [0.05, 0.1) is 10.9 Å². The molecule has 0 saturated carbocycles. The molecule has 0 radical (unpaired) electrons. The van der Waals surface area contributed by atoms with E-state index < -0.39 is 10.0 Å². The number of primary sulfonamides is 1. The molecule has 24 heavy (non-hydrogen) atoms. The summed E-state index contributed by atoms with van der Waals surface area (Å²) in [5.74, 6) is -0.326. The first kappa shape index (κ1) is 18.6. The molecule has 1 amide bonds. The third-order valence-corrected chi connectivity index (χ3v) is 5.21. The van der Waals surface area contributed by atoms with Gasteiger partial charge in [0.2, 0.25) is 10.0 Å². The summed E-state index contributed by atoms with van der Waals surface area (Å²) in [7, 11) is -3.85. The Bertz CT molecular complexity index is 849. The lowest BCUT2D eigenvalue weighted by atomic mass is 10.0. The van der Waals surface area contributed by atoms with Crippen LogP contribution in [-0.4, -0.2) is 14.3 Å². The number of nitrogens with one attached hydrogen (secondary N) is 1. The molecule has 2 aromatic rings. The zero-order valence-corrected chi connectivity index (χ0v) is 15.8. The second-order valence-electron chi connectivity index (χ2n) is 5.51. The molecule has 128 valence electrons. The van der Waals surface area contributed by atoms with Gasteiger partial charge in [0, 0.05) is 10.0 Å². The molecule has 0 aliphatic carbocycles. The van der Waals surface area contributed by atoms with Gasteiger partial charge < -0.3 is 5.32 Å². The average Bonchev–Trinajstić information content (AvgIpc) is 2.52. The molecule has 2 rings (SSSR count). The van der Waals surface area contributed by atoms with Crippen molar-refractivity contribution in [1.29, 1.82) is 0 Å². The van der Waals surface area contributed by atoms with Gasteiger partial charge in [-0.25, -0.2) is 13.6 Å². The number of halogens is 1. The number of carbonyl (C=O) groups is 1. The molecule has 0 saturated heterocycles. The Morgan fingerprint density at radius 2 is 1.83 bits per heavy atom. The van der Waals surface area contributed by atoms with Crippen LogP contribution in [0.2, 0.25) is 0 Å². The smallest absolute Gasteiger partial charge is 0.252 e. The molecule has 0 heterocycles. The molecule has 3 N–H and O–H groups in total. The minimum absolute atomic E-state index is 0.0741. The molecule has 5 nitrogen and oxygen atoms in total. The van der Waals surface area contributed by atoms with Crippen LogP contribution in [-0.2, 0) is 10.0 Å². The van der Waals surface area contributed by atoms with Crippen LogP contribution >= 0.6 is 15.9 Å². The number of carbonyl (C=O) groups excluding carboxylic acids is 1. The van der Waals surface area contributed by atoms with Crippen LogP contribution in [0.5, 0.6) is 0 Å². The van der Waals surface area contributed by atoms with Gasteiger partial charge in [0.25, 0.3) is 5.91 Å². The van der Waals surface area contributed by atoms with Crippen molar-refractivity contribution in [2.45, 2.75) is 31.2 Å². The summed E-state index contributed by atoms with van der Waals surface area (Å²) in [5, 5.41) is 8.09. The zero-order chi connectivity index (χ0) is 17.9. The van der Waals surface area contributed by atoms with Crippen molar-refractivity contribution >= 4 is 31.9 Å². The number of amides is 1. The second kappa shape index (κ2) is 7.46. The quantitative estimate of drug-likeness (QED) is 0.791. The summed E-state index contributed by atoms with van der Waals surface area (Å²) >= 11 is 3.38. The molecule has 0 fully saturated rings. The van der Waals surface area contributed by atoms with Crippen molar-refractivity contribution in [2.75, 3.05) is 0 Å². The second-order valence-corrected chi connectivity index (χ2v) is 7.98. The molecular weight excluding hydrogens is 392 g/mol. The van der Waals surface area contributed by atoms with Crippen molar-refractivity contribution in [3.8, 4) is 0 Å². The maximum Gasteiger partial charge on any atom is 0.252 e. The average molecular weight is 411 g/mol. The largest absolute Gasteiger partial charge is 0.345 e. The fourth-order valence-corrected chi connectivity index (χ4v) is 3.18. The first-order valence-corrected chi connectivity index (χ1v) is 9.76. The van der Waals surface area contributed by atoms with Crippen molar-refractivity contribution in [3.05, 3.63) is 63.6 Å². The van der Waals surface area contributed by atoms with Gasteiger partial charge >= 0.3 is 0 Å². The number of nitrogens with two attached hydrogens (primary N) is 1. The Balaban J connectivity index is 2.29. The van der Waals surface area contributed by atoms with E-state index in [-0.39, 0.29) is 16.8 Å². The lowest BCUT2D eigenvalue weighted by Crippen LogP contribution is -2.29. The maximum absolute atomic E-state index is 12.6. The highest BCUT2D eigenvalue weighted by molar-refractivity contribution is 9.10. The number of sulfonamides is 1. The standard InChI is InChI=1S/C17H19BrN2O3S/c1-3-16(12-5-7-13(18)8-6-12)20-17(21)15-10-14(24(19,22)23)9-4-11(15)2/h4-10,16H,3H2,1-2H3,(H,20,21)(H2,19,22,23)/t16-/m1/s1. The van der Waals surface area contributed by atoms with Crippen molar-refractivity contribution in [1.82, 2.24) is 5.32 Å². The van der Waals surface area contributed by atoms with E-state index in [0.717, 1.165) is 10.0 Å². The van der Waals surface area contributed by atoms with Crippen LogP contribution in [0.1, 0.15) is 40.9 Å². The van der Waals surface area contributed by atoms with E-state index in [1.165, 1.54) is 12.1 Å². The molecule has 0 aliphatic rings. The minimum Gasteiger partial charge on any atom is -0.345 e. The highest BCUT2D eigenvalue weighted by atomic mass is 79.9. The first-order valence-electron chi connectivity index (χ1n) is 7.42. The molecule has 1 atom stereocenters. The summed E-state index contributed by atoms with van der Waals surface area (Å²) in [4.78, 5) is 12.5. The van der Waals surface area contributed by atoms with Gasteiger partial charge in [0.1, 0.15) is 0 Å². The Labute approximate surface area is 150 Å². The highest BCUT2D eigenvalue weighted by Gasteiger charge is 2.18. The van der Waals surface area contributed by atoms with E-state index in [2.05, 4.69) is 21.2 Å². The highest BCUT2D eigenvalue weighted by Crippen LogP contribution is 2.21. The van der Waals surface area contributed by atoms with Gasteiger partial charge in [-0.1, -0.05) is 41.1 Å². The predicted molar refractivity (Wildman–Crippen MR) is 97.2 cm³/mol. The fraction of sp³-hybridized carbons (Fsp3) is 0.235. The lowest BCUT2D eigenvalue weighted by Gasteiger charge is -2.18. The summed E-state index contributed by atoms with van der Waals surface area (Å²) in [6.07, 6.45) is 0.710. The van der Waals surface area contributed by atoms with Gasteiger partial charge in [-0.2, -0.15) is 0 Å². The van der Waals surface area contributed by atoms with E-state index in [9.17, 15) is 13.2 Å². The van der Waals surface area contributed by atoms with Gasteiger partial charge in [-0.05, 0) is 48.7 Å². The third kappa shape index (κ3) is 4.43. The number of rotatable bonds is 5. The third-order valence-electron chi connectivity index (χ3n) is 3.77. The van der Waals surface area contributed by atoms with E-state index in [0.29, 0.717) is 17.5 Å². The normalized spacial score (nSPS) is 12.7. The summed E-state index contributed by atoms with van der Waals surface area (Å²) in [5.41, 5.74) is 1.97. The Morgan fingerprint density at radius 3 is 2.38 bits per heavy atom. The topological polar surface area (TPSA) is 89.3 Å². The Kier molecular flexibility index (Phi) is 5.79. The van der Waals surface area contributed by atoms with Gasteiger partial charge in [0.15, 0.2) is 0 Å². The summed E-state index contributed by atoms with van der Waals surface area (Å²) in [6, 6.07) is 11.8. The lowest BCUT2D eigenvalue weighted by molar-refractivity contribution is 0.0934. The molecule has 0 unspecified atom stereocenters. The molecule has 0 bridgehead atoms. The van der Waals surface area contributed by atoms with Crippen LogP contribution < -0.4 is 10.5 Å². The molecule has 0 aliphatic heterocycles. The Hall–Kier alpha value is -1.70. The van der Waals surface area contributed by atoms with E-state index in [4.69, 9.17) is 5.14 Å². The van der Waals surface area contributed by atoms with Crippen LogP contribution in [0, 0.1) is 6.92 Å².